The quantitative estimate of drug-likeness (QED) is 0.540. The summed E-state index contributed by atoms with van der Waals surface area (Å²) in [6, 6.07) is 18.3. The summed E-state index contributed by atoms with van der Waals surface area (Å²) >= 11 is 0. The number of carbonyl (C=O) groups is 1. The van der Waals surface area contributed by atoms with Gasteiger partial charge < -0.3 is 10.2 Å². The molecule has 2 aromatic carbocycles. The van der Waals surface area contributed by atoms with Crippen LogP contribution >= 0.6 is 0 Å². The maximum Gasteiger partial charge on any atom is 0.322 e. The van der Waals surface area contributed by atoms with Crippen LogP contribution in [0.25, 0.3) is 22.2 Å². The summed E-state index contributed by atoms with van der Waals surface area (Å²) < 4.78 is 1.87. The van der Waals surface area contributed by atoms with Crippen LogP contribution in [0.1, 0.15) is 22.5 Å². The van der Waals surface area contributed by atoms with Gasteiger partial charge in [-0.05, 0) is 49.2 Å². The number of aryl methyl sites for hydroxylation is 3. The largest absolute Gasteiger partial charge is 0.322 e. The Balaban J connectivity index is 1.57. The molecular weight excluding hydrogens is 374 g/mol. The zero-order valence-corrected chi connectivity index (χ0v) is 17.3. The van der Waals surface area contributed by atoms with Crippen LogP contribution in [0.15, 0.2) is 54.6 Å². The number of hydrogen-bond acceptors (Lipinski definition) is 3. The number of carbonyl (C=O) groups excluding carboxylic acids is 1. The maximum absolute atomic E-state index is 12.7. The number of nitrogens with zero attached hydrogens (tertiary/aromatic N) is 4. The average molecular weight is 397 g/mol. The van der Waals surface area contributed by atoms with E-state index in [9.17, 15) is 4.79 Å². The van der Waals surface area contributed by atoms with E-state index in [-0.39, 0.29) is 6.03 Å². The van der Waals surface area contributed by atoms with Gasteiger partial charge in [0.05, 0.1) is 5.52 Å². The molecule has 30 heavy (non-hydrogen) atoms. The molecule has 1 N–H and O–H groups in total. The summed E-state index contributed by atoms with van der Waals surface area (Å²) in [5.74, 6) is 0. The standard InChI is InChI=1S/C24H23N5O/c1-15-9-18(10-16(2)25-15)23-20-11-19-14-29(13-17-7-5-4-6-8-17)24(30)26-21(19)12-22(20)28(3)27-23/h4-12H,13-14H2,1-3H3,(H,26,30). The van der Waals surface area contributed by atoms with Gasteiger partial charge in [0.2, 0.25) is 0 Å². The highest BCUT2D eigenvalue weighted by Crippen LogP contribution is 2.34. The Morgan fingerprint density at radius 3 is 2.50 bits per heavy atom. The second kappa shape index (κ2) is 6.99. The lowest BCUT2D eigenvalue weighted by molar-refractivity contribution is 0.204. The van der Waals surface area contributed by atoms with E-state index in [4.69, 9.17) is 5.10 Å². The van der Waals surface area contributed by atoms with Crippen LogP contribution < -0.4 is 5.32 Å². The van der Waals surface area contributed by atoms with Gasteiger partial charge in [0.15, 0.2) is 0 Å². The van der Waals surface area contributed by atoms with Gasteiger partial charge in [-0.15, -0.1) is 0 Å². The van der Waals surface area contributed by atoms with Crippen LogP contribution in [-0.4, -0.2) is 25.7 Å². The monoisotopic (exact) mass is 397 g/mol. The molecule has 150 valence electrons. The number of amides is 2. The van der Waals surface area contributed by atoms with E-state index < -0.39 is 0 Å². The first-order chi connectivity index (χ1) is 14.5. The maximum atomic E-state index is 12.7. The number of pyridine rings is 1. The minimum absolute atomic E-state index is 0.0755. The molecule has 0 saturated heterocycles. The summed E-state index contributed by atoms with van der Waals surface area (Å²) in [7, 11) is 1.94. The van der Waals surface area contributed by atoms with Crippen LogP contribution in [-0.2, 0) is 20.1 Å². The molecule has 6 nitrogen and oxygen atoms in total. The third-order valence-corrected chi connectivity index (χ3v) is 5.54. The molecule has 0 spiro atoms. The lowest BCUT2D eigenvalue weighted by Gasteiger charge is -2.29. The average Bonchev–Trinajstić information content (AvgIpc) is 3.03. The number of aromatic nitrogens is 3. The van der Waals surface area contributed by atoms with Gasteiger partial charge in [0.25, 0.3) is 0 Å². The Bertz CT molecular complexity index is 1260. The Labute approximate surface area is 175 Å². The van der Waals surface area contributed by atoms with E-state index in [1.165, 1.54) is 0 Å². The fraction of sp³-hybridized carbons (Fsp3) is 0.208. The second-order valence-corrected chi connectivity index (χ2v) is 7.91. The number of anilines is 1. The van der Waals surface area contributed by atoms with Crippen molar-refractivity contribution in [3.8, 4) is 11.3 Å². The van der Waals surface area contributed by atoms with E-state index >= 15 is 0 Å². The Kier molecular flexibility index (Phi) is 4.28. The molecule has 0 radical (unpaired) electrons. The number of hydrogen-bond donors (Lipinski definition) is 1. The van der Waals surface area contributed by atoms with Crippen LogP contribution in [0.3, 0.4) is 0 Å². The first-order valence-electron chi connectivity index (χ1n) is 10.0. The molecule has 5 rings (SSSR count). The van der Waals surface area contributed by atoms with Gasteiger partial charge in [-0.2, -0.15) is 5.10 Å². The number of fused-ring (bicyclic) bond motifs is 2. The number of rotatable bonds is 3. The summed E-state index contributed by atoms with van der Waals surface area (Å²) in [5.41, 5.74) is 8.01. The highest BCUT2D eigenvalue weighted by atomic mass is 16.2. The van der Waals surface area contributed by atoms with E-state index in [2.05, 4.69) is 28.5 Å². The molecule has 0 unspecified atom stereocenters. The zero-order chi connectivity index (χ0) is 20.8. The number of nitrogens with one attached hydrogen (secondary N) is 1. The fourth-order valence-electron chi connectivity index (χ4n) is 4.18. The summed E-state index contributed by atoms with van der Waals surface area (Å²) in [4.78, 5) is 19.0. The van der Waals surface area contributed by atoms with Crippen molar-refractivity contribution in [1.82, 2.24) is 19.7 Å². The highest BCUT2D eigenvalue weighted by molar-refractivity contribution is 6.00. The van der Waals surface area contributed by atoms with Crippen molar-refractivity contribution < 1.29 is 4.79 Å². The van der Waals surface area contributed by atoms with Crippen LogP contribution in [0.5, 0.6) is 0 Å². The zero-order valence-electron chi connectivity index (χ0n) is 17.3. The normalized spacial score (nSPS) is 13.4. The van der Waals surface area contributed by atoms with Crippen LogP contribution in [0.2, 0.25) is 0 Å². The van der Waals surface area contributed by atoms with Crippen molar-refractivity contribution in [2.75, 3.05) is 5.32 Å². The summed E-state index contributed by atoms with van der Waals surface area (Å²) in [6.07, 6.45) is 0. The topological polar surface area (TPSA) is 63.1 Å². The van der Waals surface area contributed by atoms with Gasteiger partial charge in [-0.1, -0.05) is 30.3 Å². The minimum atomic E-state index is -0.0755. The Morgan fingerprint density at radius 2 is 1.77 bits per heavy atom. The van der Waals surface area contributed by atoms with Gasteiger partial charge in [0, 0.05) is 48.2 Å². The van der Waals surface area contributed by atoms with Crippen molar-refractivity contribution in [3.05, 3.63) is 77.1 Å². The number of benzene rings is 2. The van der Waals surface area contributed by atoms with E-state index in [1.807, 2.05) is 66.9 Å². The molecule has 4 aromatic rings. The third kappa shape index (κ3) is 3.20. The lowest BCUT2D eigenvalue weighted by Crippen LogP contribution is -2.38. The molecule has 0 atom stereocenters. The SMILES string of the molecule is Cc1cc(-c2nn(C)c3cc4c(cc23)CN(Cc2ccccc2)C(=O)N4)cc(C)n1. The molecular formula is C24H23N5O. The molecule has 2 aromatic heterocycles. The molecule has 1 aliphatic rings. The molecule has 2 amide bonds. The number of urea groups is 1. The lowest BCUT2D eigenvalue weighted by atomic mass is 10.0. The first-order valence-corrected chi connectivity index (χ1v) is 10.0. The van der Waals surface area contributed by atoms with Crippen molar-refractivity contribution in [2.45, 2.75) is 26.9 Å². The molecule has 6 heteroatoms. The molecule has 0 aliphatic carbocycles. The fourth-order valence-corrected chi connectivity index (χ4v) is 4.18. The molecule has 0 saturated carbocycles. The summed E-state index contributed by atoms with van der Waals surface area (Å²) in [6.45, 7) is 5.14. The smallest absolute Gasteiger partial charge is 0.316 e. The predicted octanol–water partition coefficient (Wildman–Crippen LogP) is 4.80. The first kappa shape index (κ1) is 18.4. The molecule has 1 aliphatic heterocycles. The van der Waals surface area contributed by atoms with Gasteiger partial charge in [-0.25, -0.2) is 4.79 Å². The van der Waals surface area contributed by atoms with Crippen molar-refractivity contribution >= 4 is 22.6 Å². The molecule has 0 bridgehead atoms. The van der Waals surface area contributed by atoms with Crippen molar-refractivity contribution in [2.24, 2.45) is 7.05 Å². The highest BCUT2D eigenvalue weighted by Gasteiger charge is 2.25. The van der Waals surface area contributed by atoms with E-state index in [0.29, 0.717) is 13.1 Å². The summed E-state index contributed by atoms with van der Waals surface area (Å²) in [5, 5.41) is 8.92. The molecule has 0 fully saturated rings. The minimum Gasteiger partial charge on any atom is -0.316 e. The van der Waals surface area contributed by atoms with Gasteiger partial charge in [0.1, 0.15) is 5.69 Å². The Hall–Kier alpha value is -3.67. The van der Waals surface area contributed by atoms with E-state index in [1.54, 1.807) is 0 Å². The predicted molar refractivity (Wildman–Crippen MR) is 118 cm³/mol. The van der Waals surface area contributed by atoms with Crippen molar-refractivity contribution in [1.29, 1.82) is 0 Å². The Morgan fingerprint density at radius 1 is 1.03 bits per heavy atom. The van der Waals surface area contributed by atoms with Gasteiger partial charge in [-0.3, -0.25) is 9.67 Å². The van der Waals surface area contributed by atoms with Crippen molar-refractivity contribution in [3.63, 3.8) is 0 Å². The van der Waals surface area contributed by atoms with E-state index in [0.717, 1.165) is 50.4 Å². The van der Waals surface area contributed by atoms with Crippen LogP contribution in [0, 0.1) is 13.8 Å². The molecule has 3 heterocycles. The second-order valence-electron chi connectivity index (χ2n) is 7.91. The van der Waals surface area contributed by atoms with Crippen LogP contribution in [0.4, 0.5) is 10.5 Å². The third-order valence-electron chi connectivity index (χ3n) is 5.54. The van der Waals surface area contributed by atoms with Gasteiger partial charge >= 0.3 is 6.03 Å².